The van der Waals surface area contributed by atoms with Crippen LogP contribution in [0.5, 0.6) is 11.5 Å². The molecule has 0 atom stereocenters. The second-order valence-electron chi connectivity index (χ2n) is 6.94. The number of amides is 1. The number of H-pyrrole nitrogens is 2. The van der Waals surface area contributed by atoms with Crippen molar-refractivity contribution in [1.82, 2.24) is 10.4 Å². The number of benzene rings is 2. The van der Waals surface area contributed by atoms with Crippen molar-refractivity contribution >= 4 is 38.1 Å². The van der Waals surface area contributed by atoms with Crippen molar-refractivity contribution in [1.29, 1.82) is 0 Å². The van der Waals surface area contributed by atoms with E-state index in [2.05, 4.69) is 15.0 Å². The lowest BCUT2D eigenvalue weighted by molar-refractivity contribution is -0.345. The van der Waals surface area contributed by atoms with Crippen LogP contribution >= 0.6 is 0 Å². The standard InChI is InChI=1S/2C9H7NO.C6H7N3O.H2O4S/c2*11-8-5-1-3-7-4-2-6-10-9(7)8;7-9-6(10)5-1-3-8-4-2-5;1-5(2,3)4/h2*1-6,11H;1-4H,7H2,(H,9,10);(H2,1,2,3,4). The molecular formula is C24H23N5O7S. The zero-order valence-electron chi connectivity index (χ0n) is 19.1. The summed E-state index contributed by atoms with van der Waals surface area (Å²) >= 11 is 0. The van der Waals surface area contributed by atoms with E-state index < -0.39 is 10.4 Å². The van der Waals surface area contributed by atoms with Crippen LogP contribution in [0.3, 0.4) is 0 Å². The highest BCUT2D eigenvalue weighted by Gasteiger charge is 2.03. The predicted molar refractivity (Wildman–Crippen MR) is 131 cm³/mol. The van der Waals surface area contributed by atoms with E-state index in [9.17, 15) is 15.0 Å². The monoisotopic (exact) mass is 525 g/mol. The number of para-hydroxylation sites is 2. The number of fused-ring (bicyclic) bond motifs is 2. The molecule has 0 unspecified atom stereocenters. The molecule has 0 aliphatic rings. The molecule has 13 heteroatoms. The van der Waals surface area contributed by atoms with Crippen LogP contribution < -0.4 is 21.2 Å². The first-order valence-electron chi connectivity index (χ1n) is 10.3. The molecule has 2 aromatic carbocycles. The molecule has 3 heterocycles. The lowest BCUT2D eigenvalue weighted by Gasteiger charge is -2.06. The minimum absolute atomic E-state index is 0.295. The Labute approximate surface area is 211 Å². The van der Waals surface area contributed by atoms with Gasteiger partial charge in [0.25, 0.3) is 16.9 Å². The summed E-state index contributed by atoms with van der Waals surface area (Å²) in [4.78, 5) is 20.4. The SMILES string of the molecule is NNC(=O)c1ccncc1.O=S(=O)([O-])[O-].Oc1cccc2ccc[nH+]c12.Oc1cccc2ccc[nH+]c12. The Balaban J connectivity index is 0.000000180. The summed E-state index contributed by atoms with van der Waals surface area (Å²) < 4.78 is 34.1. The molecule has 5 aromatic rings. The Bertz CT molecular complexity index is 1460. The first kappa shape index (κ1) is 28.5. The fraction of sp³-hybridized carbons (Fsp3) is 0. The highest BCUT2D eigenvalue weighted by molar-refractivity contribution is 7.79. The van der Waals surface area contributed by atoms with Gasteiger partial charge in [-0.1, -0.05) is 12.1 Å². The Morgan fingerprint density at radius 2 is 1.19 bits per heavy atom. The predicted octanol–water partition coefficient (Wildman–Crippen LogP) is 1.07. The Morgan fingerprint density at radius 3 is 1.57 bits per heavy atom. The van der Waals surface area contributed by atoms with Crippen LogP contribution in [0.2, 0.25) is 0 Å². The van der Waals surface area contributed by atoms with Crippen LogP contribution in [0.4, 0.5) is 0 Å². The number of aromatic nitrogens is 3. The summed E-state index contributed by atoms with van der Waals surface area (Å²) in [5.74, 6) is 5.17. The summed E-state index contributed by atoms with van der Waals surface area (Å²) in [5, 5.41) is 20.7. The van der Waals surface area contributed by atoms with Crippen molar-refractivity contribution in [2.45, 2.75) is 0 Å². The van der Waals surface area contributed by atoms with Gasteiger partial charge in [-0.15, -0.1) is 0 Å². The maximum absolute atomic E-state index is 10.7. The van der Waals surface area contributed by atoms with E-state index in [0.717, 1.165) is 21.8 Å². The Morgan fingerprint density at radius 1 is 0.784 bits per heavy atom. The molecule has 5 rings (SSSR count). The second-order valence-corrected chi connectivity index (χ2v) is 7.76. The molecule has 0 spiro atoms. The quantitative estimate of drug-likeness (QED) is 0.0807. The number of nitrogens with zero attached hydrogens (tertiary/aromatic N) is 1. The van der Waals surface area contributed by atoms with E-state index >= 15 is 0 Å². The molecular weight excluding hydrogens is 502 g/mol. The molecule has 192 valence electrons. The van der Waals surface area contributed by atoms with Gasteiger partial charge in [0.05, 0.1) is 10.8 Å². The number of carbonyl (C=O) groups is 1. The van der Waals surface area contributed by atoms with E-state index in [1.165, 1.54) is 12.4 Å². The number of nitrogens with two attached hydrogens (primary N) is 1. The van der Waals surface area contributed by atoms with Gasteiger partial charge < -0.3 is 19.3 Å². The molecule has 7 N–H and O–H groups in total. The van der Waals surface area contributed by atoms with Gasteiger partial charge >= 0.3 is 0 Å². The lowest BCUT2D eigenvalue weighted by Crippen LogP contribution is -2.29. The number of nitrogen functional groups attached to an aromatic ring is 1. The number of phenols is 2. The zero-order valence-corrected chi connectivity index (χ0v) is 19.9. The molecule has 0 saturated heterocycles. The number of rotatable bonds is 1. The Hall–Kier alpha value is -4.69. The van der Waals surface area contributed by atoms with Gasteiger partial charge in [-0.25, -0.2) is 15.8 Å². The smallest absolute Gasteiger partial charge is 0.265 e. The number of phenolic OH excluding ortho intramolecular Hbond substituents is 2. The molecule has 0 saturated carbocycles. The number of hydrogen-bond acceptors (Lipinski definition) is 9. The van der Waals surface area contributed by atoms with Gasteiger partial charge in [0.15, 0.2) is 23.9 Å². The molecule has 3 aromatic heterocycles. The van der Waals surface area contributed by atoms with Crippen molar-refractivity contribution < 1.29 is 42.5 Å². The van der Waals surface area contributed by atoms with Gasteiger partial charge in [0, 0.05) is 40.5 Å². The average molecular weight is 526 g/mol. The van der Waals surface area contributed by atoms with Crippen molar-refractivity contribution in [3.8, 4) is 11.5 Å². The molecule has 37 heavy (non-hydrogen) atoms. The van der Waals surface area contributed by atoms with Crippen molar-refractivity contribution in [3.05, 3.63) is 103 Å². The van der Waals surface area contributed by atoms with Crippen molar-refractivity contribution in [2.24, 2.45) is 5.84 Å². The molecule has 12 nitrogen and oxygen atoms in total. The maximum atomic E-state index is 10.7. The van der Waals surface area contributed by atoms with Crippen LogP contribution in [-0.4, -0.2) is 38.6 Å². The third-order valence-corrected chi connectivity index (χ3v) is 4.42. The lowest BCUT2D eigenvalue weighted by atomic mass is 10.2. The van der Waals surface area contributed by atoms with E-state index in [-0.39, 0.29) is 5.91 Å². The summed E-state index contributed by atoms with van der Waals surface area (Å²) in [6, 6.07) is 21.8. The minimum atomic E-state index is -5.17. The molecule has 0 aliphatic carbocycles. The fourth-order valence-electron chi connectivity index (χ4n) is 2.86. The molecule has 0 radical (unpaired) electrons. The third-order valence-electron chi connectivity index (χ3n) is 4.42. The number of hydrogen-bond donors (Lipinski definition) is 4. The zero-order chi connectivity index (χ0) is 27.3. The second kappa shape index (κ2) is 14.0. The molecule has 0 aliphatic heterocycles. The average Bonchev–Trinajstić information content (AvgIpc) is 2.89. The summed E-state index contributed by atoms with van der Waals surface area (Å²) in [6.45, 7) is 0. The van der Waals surface area contributed by atoms with E-state index in [1.807, 2.05) is 54.0 Å². The molecule has 0 fully saturated rings. The van der Waals surface area contributed by atoms with Crippen molar-refractivity contribution in [2.75, 3.05) is 0 Å². The van der Waals surface area contributed by atoms with Crippen molar-refractivity contribution in [3.63, 3.8) is 0 Å². The number of aromatic amines is 2. The van der Waals surface area contributed by atoms with Gasteiger partial charge in [-0.05, 0) is 48.5 Å². The highest BCUT2D eigenvalue weighted by Crippen LogP contribution is 2.19. The number of carbonyl (C=O) groups excluding carboxylic acids is 1. The number of hydrazine groups is 1. The number of nitrogens with one attached hydrogen (secondary N) is 3. The van der Waals surface area contributed by atoms with Gasteiger partial charge in [0.1, 0.15) is 0 Å². The normalized spacial score (nSPS) is 10.0. The molecule has 1 amide bonds. The van der Waals surface area contributed by atoms with Crippen LogP contribution in [0.15, 0.2) is 97.6 Å². The minimum Gasteiger partial charge on any atom is -0.759 e. The first-order chi connectivity index (χ1) is 17.6. The summed E-state index contributed by atoms with van der Waals surface area (Å²) in [5.41, 5.74) is 4.10. The van der Waals surface area contributed by atoms with Crippen LogP contribution in [0.1, 0.15) is 10.4 Å². The van der Waals surface area contributed by atoms with Gasteiger partial charge in [-0.2, -0.15) is 0 Å². The van der Waals surface area contributed by atoms with E-state index in [1.54, 1.807) is 36.7 Å². The topological polar surface area (TPSA) is 217 Å². The van der Waals surface area contributed by atoms with E-state index in [0.29, 0.717) is 17.1 Å². The maximum Gasteiger partial charge on any atom is 0.265 e. The van der Waals surface area contributed by atoms with Gasteiger partial charge in [-0.3, -0.25) is 23.6 Å². The molecule has 0 bridgehead atoms. The largest absolute Gasteiger partial charge is 0.759 e. The van der Waals surface area contributed by atoms with E-state index in [4.69, 9.17) is 23.4 Å². The fourth-order valence-corrected chi connectivity index (χ4v) is 2.86. The highest BCUT2D eigenvalue weighted by atomic mass is 32.3. The van der Waals surface area contributed by atoms with Gasteiger partial charge in [0.2, 0.25) is 0 Å². The Kier molecular flexibility index (Phi) is 10.8. The summed E-state index contributed by atoms with van der Waals surface area (Å²) in [6.07, 6.45) is 6.65. The van der Waals surface area contributed by atoms with Crippen LogP contribution in [-0.2, 0) is 10.4 Å². The third kappa shape index (κ3) is 10.2. The number of pyridine rings is 3. The first-order valence-corrected chi connectivity index (χ1v) is 11.7. The van der Waals surface area contributed by atoms with Crippen LogP contribution in [0, 0.1) is 0 Å². The number of aromatic hydroxyl groups is 2. The summed E-state index contributed by atoms with van der Waals surface area (Å²) in [7, 11) is -5.17. The van der Waals surface area contributed by atoms with Crippen LogP contribution in [0.25, 0.3) is 21.8 Å².